The number of nitrogens with one attached hydrogen (secondary N) is 1. The van der Waals surface area contributed by atoms with Gasteiger partial charge in [0.05, 0.1) is 15.7 Å². The van der Waals surface area contributed by atoms with Crippen molar-refractivity contribution in [3.63, 3.8) is 0 Å². The maximum absolute atomic E-state index is 11.2. The summed E-state index contributed by atoms with van der Waals surface area (Å²) >= 11 is 12.0. The molecule has 5 heteroatoms. The van der Waals surface area contributed by atoms with Crippen LogP contribution < -0.4 is 5.56 Å². The molecule has 1 heterocycles. The SMILES string of the molecule is O=c1cc(O)cc(-c2c(Cl)cccc2Cl)[nH]1. The molecule has 0 saturated heterocycles. The van der Waals surface area contributed by atoms with E-state index in [0.29, 0.717) is 21.3 Å². The zero-order valence-corrected chi connectivity index (χ0v) is 9.51. The minimum absolute atomic E-state index is 0.130. The van der Waals surface area contributed by atoms with Gasteiger partial charge in [-0.3, -0.25) is 4.79 Å². The van der Waals surface area contributed by atoms with Crippen LogP contribution in [0.5, 0.6) is 5.75 Å². The molecule has 1 aromatic carbocycles. The topological polar surface area (TPSA) is 53.1 Å². The number of hydrogen-bond donors (Lipinski definition) is 2. The van der Waals surface area contributed by atoms with Crippen molar-refractivity contribution in [1.29, 1.82) is 0 Å². The molecule has 0 atom stereocenters. The van der Waals surface area contributed by atoms with Crippen LogP contribution in [0.3, 0.4) is 0 Å². The number of H-pyrrole nitrogens is 1. The van der Waals surface area contributed by atoms with Gasteiger partial charge in [0.2, 0.25) is 0 Å². The summed E-state index contributed by atoms with van der Waals surface area (Å²) in [5, 5.41) is 10.2. The summed E-state index contributed by atoms with van der Waals surface area (Å²) in [6.07, 6.45) is 0. The summed E-state index contributed by atoms with van der Waals surface area (Å²) in [4.78, 5) is 13.8. The highest BCUT2D eigenvalue weighted by atomic mass is 35.5. The number of hydrogen-bond acceptors (Lipinski definition) is 2. The van der Waals surface area contributed by atoms with Crippen LogP contribution in [0.25, 0.3) is 11.3 Å². The van der Waals surface area contributed by atoms with Crippen molar-refractivity contribution in [2.45, 2.75) is 0 Å². The minimum atomic E-state index is -0.411. The molecule has 2 aromatic rings. The van der Waals surface area contributed by atoms with Crippen LogP contribution in [0.15, 0.2) is 35.1 Å². The molecule has 82 valence electrons. The highest BCUT2D eigenvalue weighted by Crippen LogP contribution is 2.33. The number of aromatic nitrogens is 1. The maximum atomic E-state index is 11.2. The Morgan fingerprint density at radius 3 is 2.31 bits per heavy atom. The van der Waals surface area contributed by atoms with Gasteiger partial charge in [0.1, 0.15) is 5.75 Å². The second kappa shape index (κ2) is 4.20. The van der Waals surface area contributed by atoms with Crippen molar-refractivity contribution < 1.29 is 5.11 Å². The highest BCUT2D eigenvalue weighted by molar-refractivity contribution is 6.39. The predicted octanol–water partition coefficient (Wildman–Crippen LogP) is 3.05. The van der Waals surface area contributed by atoms with E-state index in [-0.39, 0.29) is 5.75 Å². The van der Waals surface area contributed by atoms with Gasteiger partial charge >= 0.3 is 0 Å². The van der Waals surface area contributed by atoms with Crippen molar-refractivity contribution in [2.75, 3.05) is 0 Å². The Morgan fingerprint density at radius 1 is 1.12 bits per heavy atom. The number of aromatic amines is 1. The van der Waals surface area contributed by atoms with Gasteiger partial charge in [-0.05, 0) is 12.1 Å². The normalized spacial score (nSPS) is 10.4. The summed E-state index contributed by atoms with van der Waals surface area (Å²) in [7, 11) is 0. The number of aromatic hydroxyl groups is 1. The van der Waals surface area contributed by atoms with E-state index in [1.165, 1.54) is 6.07 Å². The number of pyridine rings is 1. The standard InChI is InChI=1S/C11H7Cl2NO2/c12-7-2-1-3-8(13)11(7)9-4-6(15)5-10(16)14-9/h1-5H,(H2,14,15,16). The fourth-order valence-corrected chi connectivity index (χ4v) is 2.02. The molecule has 0 saturated carbocycles. The lowest BCUT2D eigenvalue weighted by Gasteiger charge is -2.06. The fraction of sp³-hybridized carbons (Fsp3) is 0. The molecule has 0 aliphatic heterocycles. The molecule has 0 aliphatic rings. The van der Waals surface area contributed by atoms with Crippen molar-refractivity contribution >= 4 is 23.2 Å². The van der Waals surface area contributed by atoms with Gasteiger partial charge in [0.15, 0.2) is 0 Å². The lowest BCUT2D eigenvalue weighted by atomic mass is 10.1. The lowest BCUT2D eigenvalue weighted by Crippen LogP contribution is -2.04. The molecule has 0 unspecified atom stereocenters. The first-order valence-electron chi connectivity index (χ1n) is 4.45. The molecule has 0 aliphatic carbocycles. The largest absolute Gasteiger partial charge is 0.508 e. The van der Waals surface area contributed by atoms with Crippen molar-refractivity contribution in [1.82, 2.24) is 4.98 Å². The zero-order chi connectivity index (χ0) is 11.7. The van der Waals surface area contributed by atoms with Crippen molar-refractivity contribution in [2.24, 2.45) is 0 Å². The average molecular weight is 256 g/mol. The van der Waals surface area contributed by atoms with E-state index in [1.807, 2.05) is 0 Å². The Hall–Kier alpha value is -1.45. The molecular formula is C11H7Cl2NO2. The fourth-order valence-electron chi connectivity index (χ4n) is 1.42. The van der Waals surface area contributed by atoms with Crippen LogP contribution in [-0.2, 0) is 0 Å². The van der Waals surface area contributed by atoms with E-state index in [0.717, 1.165) is 6.07 Å². The molecule has 0 amide bonds. The van der Waals surface area contributed by atoms with Crippen molar-refractivity contribution in [3.05, 3.63) is 50.7 Å². The van der Waals surface area contributed by atoms with E-state index < -0.39 is 5.56 Å². The van der Waals surface area contributed by atoms with Gasteiger partial charge in [-0.15, -0.1) is 0 Å². The molecule has 0 fully saturated rings. The first-order valence-corrected chi connectivity index (χ1v) is 5.21. The molecule has 3 nitrogen and oxygen atoms in total. The van der Waals surface area contributed by atoms with Gasteiger partial charge in [-0.25, -0.2) is 0 Å². The quantitative estimate of drug-likeness (QED) is 0.823. The monoisotopic (exact) mass is 255 g/mol. The predicted molar refractivity (Wildman–Crippen MR) is 64.2 cm³/mol. The van der Waals surface area contributed by atoms with E-state index in [9.17, 15) is 9.90 Å². The number of halogens is 2. The molecule has 2 N–H and O–H groups in total. The molecule has 2 rings (SSSR count). The Labute approximate surface area is 101 Å². The smallest absolute Gasteiger partial charge is 0.252 e. The highest BCUT2D eigenvalue weighted by Gasteiger charge is 2.09. The molecular weight excluding hydrogens is 249 g/mol. The second-order valence-electron chi connectivity index (χ2n) is 3.21. The van der Waals surface area contributed by atoms with Gasteiger partial charge < -0.3 is 10.1 Å². The molecule has 1 aromatic heterocycles. The third-order valence-electron chi connectivity index (χ3n) is 2.06. The Bertz CT molecular complexity index is 573. The lowest BCUT2D eigenvalue weighted by molar-refractivity contribution is 0.474. The summed E-state index contributed by atoms with van der Waals surface area (Å²) in [6, 6.07) is 7.49. The second-order valence-corrected chi connectivity index (χ2v) is 4.03. The average Bonchev–Trinajstić information content (AvgIpc) is 2.15. The van der Waals surface area contributed by atoms with Crippen LogP contribution in [0.4, 0.5) is 0 Å². The van der Waals surface area contributed by atoms with E-state index in [4.69, 9.17) is 23.2 Å². The first kappa shape index (κ1) is 11.0. The van der Waals surface area contributed by atoms with E-state index in [2.05, 4.69) is 4.98 Å². The van der Waals surface area contributed by atoms with Gasteiger partial charge in [-0.2, -0.15) is 0 Å². The summed E-state index contributed by atoms with van der Waals surface area (Å²) in [6.45, 7) is 0. The first-order chi connectivity index (χ1) is 7.58. The Morgan fingerprint density at radius 2 is 1.75 bits per heavy atom. The van der Waals surface area contributed by atoms with Crippen molar-refractivity contribution in [3.8, 4) is 17.0 Å². The van der Waals surface area contributed by atoms with E-state index >= 15 is 0 Å². The van der Waals surface area contributed by atoms with Gasteiger partial charge in [0.25, 0.3) is 5.56 Å². The molecule has 0 bridgehead atoms. The van der Waals surface area contributed by atoms with Gasteiger partial charge in [0, 0.05) is 17.7 Å². The van der Waals surface area contributed by atoms with Crippen LogP contribution in [0.1, 0.15) is 0 Å². The number of benzene rings is 1. The molecule has 0 spiro atoms. The van der Waals surface area contributed by atoms with Crippen LogP contribution >= 0.6 is 23.2 Å². The van der Waals surface area contributed by atoms with E-state index in [1.54, 1.807) is 18.2 Å². The van der Waals surface area contributed by atoms with Gasteiger partial charge in [-0.1, -0.05) is 29.3 Å². The molecule has 16 heavy (non-hydrogen) atoms. The minimum Gasteiger partial charge on any atom is -0.508 e. The zero-order valence-electron chi connectivity index (χ0n) is 8.00. The van der Waals surface area contributed by atoms with Crippen LogP contribution in [0.2, 0.25) is 10.0 Å². The summed E-state index contributed by atoms with van der Waals surface area (Å²) in [5.41, 5.74) is 0.477. The maximum Gasteiger partial charge on any atom is 0.252 e. The summed E-state index contributed by atoms with van der Waals surface area (Å²) in [5.74, 6) is -0.130. The van der Waals surface area contributed by atoms with Crippen LogP contribution in [0, 0.1) is 0 Å². The Kier molecular flexibility index (Phi) is 2.90. The summed E-state index contributed by atoms with van der Waals surface area (Å²) < 4.78 is 0. The third-order valence-corrected chi connectivity index (χ3v) is 2.69. The molecule has 0 radical (unpaired) electrons. The third kappa shape index (κ3) is 2.05. The Balaban J connectivity index is 2.72. The number of rotatable bonds is 1. The van der Waals surface area contributed by atoms with Crippen LogP contribution in [-0.4, -0.2) is 10.1 Å².